The highest BCUT2D eigenvalue weighted by atomic mass is 16.2. The molecule has 0 N–H and O–H groups in total. The van der Waals surface area contributed by atoms with Crippen LogP contribution in [0.4, 0.5) is 5.95 Å². The van der Waals surface area contributed by atoms with E-state index in [9.17, 15) is 4.79 Å². The summed E-state index contributed by atoms with van der Waals surface area (Å²) in [6, 6.07) is 1.82. The Morgan fingerprint density at radius 3 is 2.38 bits per heavy atom. The highest BCUT2D eigenvalue weighted by molar-refractivity contribution is 5.76. The van der Waals surface area contributed by atoms with Gasteiger partial charge in [0.05, 0.1) is 0 Å². The first kappa shape index (κ1) is 15.7. The maximum absolute atomic E-state index is 12.2. The van der Waals surface area contributed by atoms with Crippen molar-refractivity contribution in [3.8, 4) is 0 Å². The number of amides is 1. The molecule has 5 heteroatoms. The van der Waals surface area contributed by atoms with Crippen molar-refractivity contribution < 1.29 is 4.79 Å². The SMILES string of the molecule is CCCCCCCC(=O)N1CCN(c2ncccn2)CC1. The predicted octanol–water partition coefficient (Wildman–Crippen LogP) is 2.49. The third-order valence-electron chi connectivity index (χ3n) is 3.96. The van der Waals surface area contributed by atoms with Crippen molar-refractivity contribution in [1.82, 2.24) is 14.9 Å². The Kier molecular flexibility index (Phi) is 6.44. The van der Waals surface area contributed by atoms with Crippen molar-refractivity contribution in [2.45, 2.75) is 45.4 Å². The number of nitrogens with zero attached hydrogens (tertiary/aromatic N) is 4. The van der Waals surface area contributed by atoms with Crippen LogP contribution in [0.25, 0.3) is 0 Å². The number of anilines is 1. The van der Waals surface area contributed by atoms with Gasteiger partial charge in [-0.1, -0.05) is 32.6 Å². The van der Waals surface area contributed by atoms with Crippen LogP contribution in [0, 0.1) is 0 Å². The molecule has 116 valence electrons. The second-order valence-corrected chi connectivity index (χ2v) is 5.58. The number of carbonyl (C=O) groups is 1. The average molecular weight is 290 g/mol. The fourth-order valence-electron chi connectivity index (χ4n) is 2.65. The summed E-state index contributed by atoms with van der Waals surface area (Å²) in [6.07, 6.45) is 10.2. The number of aromatic nitrogens is 2. The zero-order valence-corrected chi connectivity index (χ0v) is 13.0. The second kappa shape index (κ2) is 8.60. The molecule has 0 aliphatic carbocycles. The number of rotatable bonds is 7. The van der Waals surface area contributed by atoms with Crippen LogP contribution in [-0.4, -0.2) is 47.0 Å². The first-order valence-corrected chi connectivity index (χ1v) is 8.11. The molecule has 0 unspecified atom stereocenters. The molecule has 1 aromatic rings. The van der Waals surface area contributed by atoms with Gasteiger partial charge in [0, 0.05) is 45.0 Å². The number of unbranched alkanes of at least 4 members (excludes halogenated alkanes) is 4. The van der Waals surface area contributed by atoms with Gasteiger partial charge in [0.1, 0.15) is 0 Å². The Hall–Kier alpha value is -1.65. The van der Waals surface area contributed by atoms with Crippen molar-refractivity contribution in [3.05, 3.63) is 18.5 Å². The number of piperazine rings is 1. The van der Waals surface area contributed by atoms with Crippen LogP contribution in [0.1, 0.15) is 45.4 Å². The third-order valence-corrected chi connectivity index (χ3v) is 3.96. The molecule has 2 heterocycles. The fraction of sp³-hybridized carbons (Fsp3) is 0.688. The zero-order chi connectivity index (χ0) is 14.9. The van der Waals surface area contributed by atoms with Crippen LogP contribution >= 0.6 is 0 Å². The fourth-order valence-corrected chi connectivity index (χ4v) is 2.65. The molecule has 1 amide bonds. The van der Waals surface area contributed by atoms with E-state index in [1.165, 1.54) is 25.7 Å². The molecule has 1 aromatic heterocycles. The van der Waals surface area contributed by atoms with Crippen molar-refractivity contribution >= 4 is 11.9 Å². The molecule has 5 nitrogen and oxygen atoms in total. The third kappa shape index (κ3) is 4.99. The summed E-state index contributed by atoms with van der Waals surface area (Å²) >= 11 is 0. The Balaban J connectivity index is 1.67. The largest absolute Gasteiger partial charge is 0.339 e. The topological polar surface area (TPSA) is 49.3 Å². The van der Waals surface area contributed by atoms with Crippen LogP contribution in [-0.2, 0) is 4.79 Å². The molecule has 0 spiro atoms. The standard InChI is InChI=1S/C16H26N4O/c1-2-3-4-5-6-8-15(21)19-11-13-20(14-12-19)16-17-9-7-10-18-16/h7,9-10H,2-6,8,11-14H2,1H3. The molecular formula is C16H26N4O. The molecule has 0 bridgehead atoms. The Morgan fingerprint density at radius 2 is 1.71 bits per heavy atom. The van der Waals surface area contributed by atoms with E-state index in [2.05, 4.69) is 21.8 Å². The van der Waals surface area contributed by atoms with Crippen LogP contribution in [0.5, 0.6) is 0 Å². The van der Waals surface area contributed by atoms with Gasteiger partial charge < -0.3 is 9.80 Å². The van der Waals surface area contributed by atoms with Crippen molar-refractivity contribution in [1.29, 1.82) is 0 Å². The van der Waals surface area contributed by atoms with E-state index in [4.69, 9.17) is 0 Å². The van der Waals surface area contributed by atoms with Crippen LogP contribution in [0.2, 0.25) is 0 Å². The predicted molar refractivity (Wildman–Crippen MR) is 84.2 cm³/mol. The van der Waals surface area contributed by atoms with E-state index in [-0.39, 0.29) is 0 Å². The summed E-state index contributed by atoms with van der Waals surface area (Å²) < 4.78 is 0. The molecule has 0 aromatic carbocycles. The molecule has 0 atom stereocenters. The molecule has 0 saturated carbocycles. The molecule has 1 aliphatic rings. The summed E-state index contributed by atoms with van der Waals surface area (Å²) in [4.78, 5) is 24.8. The smallest absolute Gasteiger partial charge is 0.225 e. The quantitative estimate of drug-likeness (QED) is 0.724. The summed E-state index contributed by atoms with van der Waals surface area (Å²) in [6.45, 7) is 5.43. The van der Waals surface area contributed by atoms with Crippen LogP contribution in [0.3, 0.4) is 0 Å². The minimum Gasteiger partial charge on any atom is -0.339 e. The Morgan fingerprint density at radius 1 is 1.05 bits per heavy atom. The van der Waals surface area contributed by atoms with Gasteiger partial charge in [0.2, 0.25) is 11.9 Å². The first-order valence-electron chi connectivity index (χ1n) is 8.11. The van der Waals surface area contributed by atoms with Crippen molar-refractivity contribution in [3.63, 3.8) is 0 Å². The Labute approximate surface area is 127 Å². The van der Waals surface area contributed by atoms with Gasteiger partial charge in [0.25, 0.3) is 0 Å². The Bertz CT molecular complexity index is 416. The zero-order valence-electron chi connectivity index (χ0n) is 13.0. The molecule has 1 saturated heterocycles. The second-order valence-electron chi connectivity index (χ2n) is 5.58. The minimum absolute atomic E-state index is 0.306. The van der Waals surface area contributed by atoms with Crippen LogP contribution < -0.4 is 4.90 Å². The number of carbonyl (C=O) groups excluding carboxylic acids is 1. The molecule has 0 radical (unpaired) electrons. The lowest BCUT2D eigenvalue weighted by molar-refractivity contribution is -0.131. The van der Waals surface area contributed by atoms with Crippen LogP contribution in [0.15, 0.2) is 18.5 Å². The maximum Gasteiger partial charge on any atom is 0.225 e. The number of hydrogen-bond acceptors (Lipinski definition) is 4. The summed E-state index contributed by atoms with van der Waals surface area (Å²) in [5.74, 6) is 1.07. The lowest BCUT2D eigenvalue weighted by Crippen LogP contribution is -2.49. The van der Waals surface area contributed by atoms with Gasteiger partial charge in [-0.05, 0) is 12.5 Å². The first-order chi connectivity index (χ1) is 10.3. The van der Waals surface area contributed by atoms with Gasteiger partial charge in [-0.2, -0.15) is 0 Å². The molecule has 1 aliphatic heterocycles. The highest BCUT2D eigenvalue weighted by Gasteiger charge is 2.21. The number of hydrogen-bond donors (Lipinski definition) is 0. The lowest BCUT2D eigenvalue weighted by atomic mass is 10.1. The summed E-state index contributed by atoms with van der Waals surface area (Å²) in [5.41, 5.74) is 0. The van der Waals surface area contributed by atoms with E-state index in [0.29, 0.717) is 12.3 Å². The molecule has 1 fully saturated rings. The van der Waals surface area contributed by atoms with E-state index in [1.807, 2.05) is 11.0 Å². The van der Waals surface area contributed by atoms with E-state index in [1.54, 1.807) is 12.4 Å². The normalized spacial score (nSPS) is 15.3. The summed E-state index contributed by atoms with van der Waals surface area (Å²) in [7, 11) is 0. The van der Waals surface area contributed by atoms with E-state index < -0.39 is 0 Å². The molecule has 2 rings (SSSR count). The van der Waals surface area contributed by atoms with Crippen molar-refractivity contribution in [2.75, 3.05) is 31.1 Å². The maximum atomic E-state index is 12.2. The van der Waals surface area contributed by atoms with E-state index >= 15 is 0 Å². The van der Waals surface area contributed by atoms with E-state index in [0.717, 1.165) is 38.5 Å². The lowest BCUT2D eigenvalue weighted by Gasteiger charge is -2.34. The van der Waals surface area contributed by atoms with Gasteiger partial charge in [-0.15, -0.1) is 0 Å². The highest BCUT2D eigenvalue weighted by Crippen LogP contribution is 2.12. The monoisotopic (exact) mass is 290 g/mol. The molecular weight excluding hydrogens is 264 g/mol. The van der Waals surface area contributed by atoms with Crippen molar-refractivity contribution in [2.24, 2.45) is 0 Å². The van der Waals surface area contributed by atoms with Gasteiger partial charge in [0.15, 0.2) is 0 Å². The van der Waals surface area contributed by atoms with Gasteiger partial charge in [-0.25, -0.2) is 9.97 Å². The average Bonchev–Trinajstić information content (AvgIpc) is 2.55. The summed E-state index contributed by atoms with van der Waals surface area (Å²) in [5, 5.41) is 0. The minimum atomic E-state index is 0.306. The van der Waals surface area contributed by atoms with Gasteiger partial charge >= 0.3 is 0 Å². The van der Waals surface area contributed by atoms with Gasteiger partial charge in [-0.3, -0.25) is 4.79 Å². The molecule has 21 heavy (non-hydrogen) atoms.